The molecule has 3 rings (SSSR count). The van der Waals surface area contributed by atoms with Crippen molar-refractivity contribution < 1.29 is 23.0 Å². The third-order valence-corrected chi connectivity index (χ3v) is 4.32. The number of ether oxygens (including phenoxy) is 3. The normalized spacial score (nSPS) is 10.7. The molecule has 0 saturated heterocycles. The van der Waals surface area contributed by atoms with Crippen LogP contribution < -0.4 is 19.5 Å². The molecule has 0 aliphatic carbocycles. The lowest BCUT2D eigenvalue weighted by molar-refractivity contribution is 0.366. The Kier molecular flexibility index (Phi) is 6.49. The first-order valence-corrected chi connectivity index (χ1v) is 8.84. The van der Waals surface area contributed by atoms with Gasteiger partial charge in [0.25, 0.3) is 0 Å². The molecule has 0 aliphatic rings. The maximum Gasteiger partial charge on any atom is 0.226 e. The molecule has 0 saturated carbocycles. The Balaban J connectivity index is 1.58. The molecule has 28 heavy (non-hydrogen) atoms. The van der Waals surface area contributed by atoms with E-state index in [2.05, 4.69) is 10.3 Å². The quantitative estimate of drug-likeness (QED) is 0.564. The molecule has 1 N–H and O–H groups in total. The van der Waals surface area contributed by atoms with Crippen molar-refractivity contribution in [1.29, 1.82) is 0 Å². The molecule has 0 atom stereocenters. The van der Waals surface area contributed by atoms with Gasteiger partial charge in [0.15, 0.2) is 0 Å². The van der Waals surface area contributed by atoms with E-state index < -0.39 is 0 Å². The van der Waals surface area contributed by atoms with Crippen LogP contribution in [0.1, 0.15) is 11.3 Å². The summed E-state index contributed by atoms with van der Waals surface area (Å²) in [5, 5.41) is 3.36. The summed E-state index contributed by atoms with van der Waals surface area (Å²) < 4.78 is 34.7. The van der Waals surface area contributed by atoms with Gasteiger partial charge < -0.3 is 23.9 Å². The smallest absolute Gasteiger partial charge is 0.226 e. The Bertz CT molecular complexity index is 884. The van der Waals surface area contributed by atoms with Crippen molar-refractivity contribution in [3.8, 4) is 28.7 Å². The molecule has 0 spiro atoms. The van der Waals surface area contributed by atoms with Gasteiger partial charge in [-0.3, -0.25) is 0 Å². The molecule has 0 bridgehead atoms. The zero-order chi connectivity index (χ0) is 19.9. The summed E-state index contributed by atoms with van der Waals surface area (Å²) in [6.45, 7) is 1.26. The third-order valence-electron chi connectivity index (χ3n) is 4.32. The summed E-state index contributed by atoms with van der Waals surface area (Å²) in [7, 11) is 4.83. The van der Waals surface area contributed by atoms with E-state index in [0.717, 1.165) is 16.8 Å². The molecular formula is C21H23FN2O4. The average molecular weight is 386 g/mol. The van der Waals surface area contributed by atoms with Crippen molar-refractivity contribution in [2.24, 2.45) is 0 Å². The molecule has 3 aromatic rings. The van der Waals surface area contributed by atoms with Gasteiger partial charge in [0.2, 0.25) is 5.89 Å². The average Bonchev–Trinajstić information content (AvgIpc) is 3.20. The Hall–Kier alpha value is -3.06. The second-order valence-corrected chi connectivity index (χ2v) is 6.09. The number of methoxy groups -OCH3 is 3. The van der Waals surface area contributed by atoms with Crippen molar-refractivity contribution >= 4 is 0 Å². The zero-order valence-corrected chi connectivity index (χ0v) is 16.1. The second-order valence-electron chi connectivity index (χ2n) is 6.09. The molecule has 0 amide bonds. The van der Waals surface area contributed by atoms with Crippen LogP contribution in [0.3, 0.4) is 0 Å². The fourth-order valence-electron chi connectivity index (χ4n) is 2.83. The van der Waals surface area contributed by atoms with Crippen LogP contribution in [0.4, 0.5) is 4.39 Å². The Labute approximate surface area is 163 Å². The van der Waals surface area contributed by atoms with Crippen molar-refractivity contribution in [1.82, 2.24) is 10.3 Å². The lowest BCUT2D eigenvalue weighted by Crippen LogP contribution is -2.18. The summed E-state index contributed by atoms with van der Waals surface area (Å²) in [6, 6.07) is 9.71. The number of nitrogens with one attached hydrogen (secondary N) is 1. The molecule has 1 heterocycles. The van der Waals surface area contributed by atoms with Crippen LogP contribution in [0.15, 0.2) is 47.1 Å². The van der Waals surface area contributed by atoms with E-state index in [4.69, 9.17) is 18.6 Å². The van der Waals surface area contributed by atoms with Crippen LogP contribution in [0.25, 0.3) is 11.5 Å². The summed E-state index contributed by atoms with van der Waals surface area (Å²) in [4.78, 5) is 4.45. The van der Waals surface area contributed by atoms with Gasteiger partial charge in [-0.05, 0) is 24.3 Å². The number of halogens is 1. The molecule has 148 valence electrons. The minimum Gasteiger partial charge on any atom is -0.496 e. The van der Waals surface area contributed by atoms with Gasteiger partial charge in [-0.2, -0.15) is 0 Å². The predicted molar refractivity (Wildman–Crippen MR) is 103 cm³/mol. The van der Waals surface area contributed by atoms with Crippen LogP contribution in [-0.2, 0) is 13.0 Å². The number of oxazole rings is 1. The Morgan fingerprint density at radius 1 is 1.00 bits per heavy atom. The summed E-state index contributed by atoms with van der Waals surface area (Å²) in [5.41, 5.74) is 2.48. The zero-order valence-electron chi connectivity index (χ0n) is 16.1. The molecule has 1 aromatic heterocycles. The van der Waals surface area contributed by atoms with Crippen LogP contribution >= 0.6 is 0 Å². The highest BCUT2D eigenvalue weighted by Crippen LogP contribution is 2.33. The fourth-order valence-corrected chi connectivity index (χ4v) is 2.83. The van der Waals surface area contributed by atoms with Crippen molar-refractivity contribution in [3.63, 3.8) is 0 Å². The van der Waals surface area contributed by atoms with E-state index in [0.29, 0.717) is 42.6 Å². The number of aromatic nitrogens is 1. The van der Waals surface area contributed by atoms with Crippen molar-refractivity contribution in [2.75, 3.05) is 27.9 Å². The first-order valence-electron chi connectivity index (χ1n) is 8.84. The van der Waals surface area contributed by atoms with E-state index in [1.165, 1.54) is 12.1 Å². The van der Waals surface area contributed by atoms with Crippen LogP contribution in [-0.4, -0.2) is 32.9 Å². The molecule has 0 fully saturated rings. The number of hydrogen-bond donors (Lipinski definition) is 1. The fraction of sp³-hybridized carbons (Fsp3) is 0.286. The topological polar surface area (TPSA) is 65.8 Å². The summed E-state index contributed by atoms with van der Waals surface area (Å²) >= 11 is 0. The number of benzene rings is 2. The van der Waals surface area contributed by atoms with E-state index in [-0.39, 0.29) is 5.82 Å². The van der Waals surface area contributed by atoms with Crippen LogP contribution in [0.5, 0.6) is 17.2 Å². The molecular weight excluding hydrogens is 363 g/mol. The lowest BCUT2D eigenvalue weighted by Gasteiger charge is -2.15. The molecule has 7 heteroatoms. The maximum atomic E-state index is 13.0. The van der Waals surface area contributed by atoms with Gasteiger partial charge in [-0.15, -0.1) is 0 Å². The van der Waals surface area contributed by atoms with Crippen molar-refractivity contribution in [2.45, 2.75) is 13.0 Å². The third kappa shape index (κ3) is 4.61. The van der Waals surface area contributed by atoms with Gasteiger partial charge in [-0.25, -0.2) is 9.37 Å². The highest BCUT2D eigenvalue weighted by atomic mass is 19.1. The van der Waals surface area contributed by atoms with E-state index in [1.807, 2.05) is 12.1 Å². The molecule has 0 unspecified atom stereocenters. The minimum absolute atomic E-state index is 0.288. The lowest BCUT2D eigenvalue weighted by atomic mass is 10.1. The minimum atomic E-state index is -0.288. The maximum absolute atomic E-state index is 13.0. The Morgan fingerprint density at radius 3 is 2.29 bits per heavy atom. The monoisotopic (exact) mass is 386 g/mol. The summed E-state index contributed by atoms with van der Waals surface area (Å²) in [6.07, 6.45) is 2.31. The first kappa shape index (κ1) is 19.7. The molecule has 0 radical (unpaired) electrons. The second kappa shape index (κ2) is 9.23. The first-order chi connectivity index (χ1) is 13.6. The SMILES string of the molecule is COc1cc(OC)c(CNCCc2coc(-c3ccc(F)cc3)n2)c(OC)c1. The van der Waals surface area contributed by atoms with Gasteiger partial charge in [0, 0.05) is 37.2 Å². The number of nitrogens with zero attached hydrogens (tertiary/aromatic N) is 1. The standard InChI is InChI=1S/C21H23FN2O4/c1-25-17-10-19(26-2)18(20(11-17)27-3)12-23-9-8-16-13-28-21(24-16)14-4-6-15(22)7-5-14/h4-7,10-11,13,23H,8-9,12H2,1-3H3. The van der Waals surface area contributed by atoms with E-state index >= 15 is 0 Å². The highest BCUT2D eigenvalue weighted by Gasteiger charge is 2.13. The van der Waals surface area contributed by atoms with Gasteiger partial charge in [0.1, 0.15) is 29.3 Å². The van der Waals surface area contributed by atoms with Gasteiger partial charge in [-0.1, -0.05) is 0 Å². The van der Waals surface area contributed by atoms with Crippen molar-refractivity contribution in [3.05, 3.63) is 59.7 Å². The molecule has 2 aromatic carbocycles. The Morgan fingerprint density at radius 2 is 1.68 bits per heavy atom. The highest BCUT2D eigenvalue weighted by molar-refractivity contribution is 5.53. The van der Waals surface area contributed by atoms with E-state index in [1.54, 1.807) is 39.7 Å². The van der Waals surface area contributed by atoms with Crippen LogP contribution in [0, 0.1) is 5.82 Å². The van der Waals surface area contributed by atoms with Crippen LogP contribution in [0.2, 0.25) is 0 Å². The van der Waals surface area contributed by atoms with E-state index in [9.17, 15) is 4.39 Å². The van der Waals surface area contributed by atoms with Gasteiger partial charge >= 0.3 is 0 Å². The summed E-state index contributed by atoms with van der Waals surface area (Å²) in [5.74, 6) is 2.26. The number of rotatable bonds is 9. The molecule has 0 aliphatic heterocycles. The predicted octanol–water partition coefficient (Wildman–Crippen LogP) is 3.84. The van der Waals surface area contributed by atoms with Gasteiger partial charge in [0.05, 0.1) is 32.6 Å². The number of hydrogen-bond acceptors (Lipinski definition) is 6. The largest absolute Gasteiger partial charge is 0.496 e. The molecule has 6 nitrogen and oxygen atoms in total.